The lowest BCUT2D eigenvalue weighted by Gasteiger charge is -2.20. The van der Waals surface area contributed by atoms with Gasteiger partial charge in [0.2, 0.25) is 20.0 Å². The molecular formula is C9H20N6O5S2. The Labute approximate surface area is 129 Å². The number of carbonyl (C=O) groups excluding carboxylic acids is 1. The van der Waals surface area contributed by atoms with Crippen molar-refractivity contribution >= 4 is 26.1 Å². The molecule has 128 valence electrons. The van der Waals surface area contributed by atoms with Crippen molar-refractivity contribution in [1.29, 1.82) is 0 Å². The fourth-order valence-corrected chi connectivity index (χ4v) is 5.22. The maximum Gasteiger partial charge on any atom is 0.425 e. The summed E-state index contributed by atoms with van der Waals surface area (Å²) in [7, 11) is -8.51. The number of rotatable bonds is 10. The van der Waals surface area contributed by atoms with Crippen molar-refractivity contribution in [1.82, 2.24) is 14.7 Å². The summed E-state index contributed by atoms with van der Waals surface area (Å²) in [5.74, 6) is -0.868. The summed E-state index contributed by atoms with van der Waals surface area (Å²) in [5, 5.41) is 2.72. The molecule has 22 heavy (non-hydrogen) atoms. The first-order valence-corrected chi connectivity index (χ1v) is 9.79. The Morgan fingerprint density at radius 3 is 1.91 bits per heavy atom. The number of unbranched alkanes of at least 4 members (excludes halogenated alkanes) is 2. The summed E-state index contributed by atoms with van der Waals surface area (Å²) in [6.07, 6.45) is 1.55. The fourth-order valence-electron chi connectivity index (χ4n) is 1.31. The van der Waals surface area contributed by atoms with Crippen LogP contribution in [0.1, 0.15) is 39.5 Å². The van der Waals surface area contributed by atoms with Gasteiger partial charge < -0.3 is 0 Å². The zero-order valence-corrected chi connectivity index (χ0v) is 14.0. The topological polar surface area (TPSA) is 161 Å². The molecule has 0 saturated carbocycles. The van der Waals surface area contributed by atoms with Crippen molar-refractivity contribution in [3.8, 4) is 0 Å². The Morgan fingerprint density at radius 1 is 1.09 bits per heavy atom. The van der Waals surface area contributed by atoms with Crippen LogP contribution in [0.3, 0.4) is 0 Å². The second kappa shape index (κ2) is 9.46. The summed E-state index contributed by atoms with van der Waals surface area (Å²) < 4.78 is 48.4. The van der Waals surface area contributed by atoms with Gasteiger partial charge in [0.05, 0.1) is 11.5 Å². The van der Waals surface area contributed by atoms with Gasteiger partial charge in [-0.15, -0.1) is 5.53 Å². The van der Waals surface area contributed by atoms with E-state index >= 15 is 0 Å². The van der Waals surface area contributed by atoms with Crippen molar-refractivity contribution in [2.75, 3.05) is 11.5 Å². The number of hydrogen-bond donors (Lipinski definition) is 2. The molecule has 0 aromatic rings. The number of nitrogens with one attached hydrogen (secondary N) is 2. The highest BCUT2D eigenvalue weighted by molar-refractivity contribution is 8.03. The van der Waals surface area contributed by atoms with Gasteiger partial charge in [0.15, 0.2) is 0 Å². The molecule has 0 bridgehead atoms. The number of amides is 2. The first kappa shape index (κ1) is 20.4. The zero-order chi connectivity index (χ0) is 17.2. The van der Waals surface area contributed by atoms with Crippen molar-refractivity contribution < 1.29 is 21.6 Å². The third-order valence-electron chi connectivity index (χ3n) is 2.41. The van der Waals surface area contributed by atoms with Gasteiger partial charge in [-0.05, 0) is 18.1 Å². The van der Waals surface area contributed by atoms with Gasteiger partial charge >= 0.3 is 6.03 Å². The second-order valence-corrected chi connectivity index (χ2v) is 8.38. The number of urea groups is 1. The molecule has 0 aliphatic rings. The lowest BCUT2D eigenvalue weighted by molar-refractivity contribution is 0.232. The van der Waals surface area contributed by atoms with E-state index < -0.39 is 37.6 Å². The van der Waals surface area contributed by atoms with Crippen LogP contribution >= 0.6 is 0 Å². The van der Waals surface area contributed by atoms with Crippen LogP contribution in [0.15, 0.2) is 5.22 Å². The highest BCUT2D eigenvalue weighted by Crippen LogP contribution is 2.11. The van der Waals surface area contributed by atoms with Crippen LogP contribution in [0.5, 0.6) is 0 Å². The first-order chi connectivity index (χ1) is 10.2. The van der Waals surface area contributed by atoms with Crippen LogP contribution in [0.2, 0.25) is 0 Å². The molecule has 11 nitrogen and oxygen atoms in total. The molecule has 0 atom stereocenters. The smallest absolute Gasteiger partial charge is 0.222 e. The molecule has 0 radical (unpaired) electrons. The molecule has 0 fully saturated rings. The summed E-state index contributed by atoms with van der Waals surface area (Å²) in [6, 6.07) is -1.27. The molecule has 0 aromatic heterocycles. The number of hydrogen-bond acceptors (Lipinski definition) is 6. The second-order valence-electron chi connectivity index (χ2n) is 4.28. The Morgan fingerprint density at radius 2 is 1.55 bits per heavy atom. The number of sulfonamides is 2. The van der Waals surface area contributed by atoms with E-state index in [2.05, 4.69) is 10.1 Å². The highest BCUT2D eigenvalue weighted by Gasteiger charge is 2.35. The molecule has 2 N–H and O–H groups in total. The van der Waals surface area contributed by atoms with Gasteiger partial charge in [-0.3, -0.25) is 0 Å². The first-order valence-electron chi connectivity index (χ1n) is 6.57. The van der Waals surface area contributed by atoms with E-state index in [1.807, 2.05) is 0 Å². The number of carbonyl (C=O) groups is 1. The Hall–Kier alpha value is -1.56. The molecule has 0 spiro atoms. The molecule has 0 aliphatic carbocycles. The Balaban J connectivity index is 5.39. The third-order valence-corrected chi connectivity index (χ3v) is 6.57. The van der Waals surface area contributed by atoms with Crippen LogP contribution in [-0.4, -0.2) is 38.2 Å². The van der Waals surface area contributed by atoms with Gasteiger partial charge in [-0.2, -0.15) is 10.3 Å². The van der Waals surface area contributed by atoms with Gasteiger partial charge in [0.1, 0.15) is 0 Å². The predicted molar refractivity (Wildman–Crippen MR) is 80.0 cm³/mol. The summed E-state index contributed by atoms with van der Waals surface area (Å²) in [6.45, 7) is 3.49. The molecule has 0 rings (SSSR count). The lowest BCUT2D eigenvalue weighted by atomic mass is 10.4. The van der Waals surface area contributed by atoms with Crippen molar-refractivity contribution in [2.24, 2.45) is 5.22 Å². The van der Waals surface area contributed by atoms with Crippen molar-refractivity contribution in [3.63, 3.8) is 0 Å². The molecule has 0 aliphatic heterocycles. The maximum absolute atomic E-state index is 12.1. The monoisotopic (exact) mass is 356 g/mol. The maximum atomic E-state index is 12.1. The minimum atomic E-state index is -4.25. The van der Waals surface area contributed by atoms with E-state index in [0.717, 1.165) is 0 Å². The average Bonchev–Trinajstić information content (AvgIpc) is 2.46. The fraction of sp³-hybridized carbons (Fsp3) is 0.889. The van der Waals surface area contributed by atoms with Crippen LogP contribution in [0, 0.1) is 0 Å². The van der Waals surface area contributed by atoms with Crippen LogP contribution in [-0.2, 0) is 20.0 Å². The molecular weight excluding hydrogens is 336 g/mol. The van der Waals surface area contributed by atoms with E-state index in [-0.39, 0.29) is 16.7 Å². The van der Waals surface area contributed by atoms with E-state index in [4.69, 9.17) is 5.53 Å². The minimum Gasteiger partial charge on any atom is -0.222 e. The SMILES string of the molecule is CCCCS(=O)(=O)N(NC(=O)NN=[N+]=[N-])S(=O)(=O)CCCC. The van der Waals surface area contributed by atoms with Crippen LogP contribution in [0.4, 0.5) is 4.79 Å². The van der Waals surface area contributed by atoms with Gasteiger partial charge in [-0.1, -0.05) is 26.7 Å². The zero-order valence-electron chi connectivity index (χ0n) is 12.4. The normalized spacial score (nSPS) is 11.8. The Bertz CT molecular complexity index is 572. The number of azide groups is 1. The van der Waals surface area contributed by atoms with Crippen molar-refractivity contribution in [2.45, 2.75) is 39.5 Å². The van der Waals surface area contributed by atoms with E-state index in [9.17, 15) is 21.6 Å². The molecule has 2 amide bonds. The molecule has 0 aromatic carbocycles. The average molecular weight is 356 g/mol. The van der Waals surface area contributed by atoms with Gasteiger partial charge in [0, 0.05) is 3.82 Å². The van der Waals surface area contributed by atoms with Crippen LogP contribution < -0.4 is 10.9 Å². The molecule has 0 unspecified atom stereocenters. The summed E-state index contributed by atoms with van der Waals surface area (Å²) in [5.41, 5.74) is 11.4. The van der Waals surface area contributed by atoms with E-state index in [0.29, 0.717) is 12.8 Å². The molecule has 0 saturated heterocycles. The minimum absolute atomic E-state index is 0.0481. The summed E-state index contributed by atoms with van der Waals surface area (Å²) in [4.78, 5) is 13.6. The predicted octanol–water partition coefficient (Wildman–Crippen LogP) is 0.988. The summed E-state index contributed by atoms with van der Waals surface area (Å²) >= 11 is 0. The van der Waals surface area contributed by atoms with Crippen LogP contribution in [0.25, 0.3) is 10.4 Å². The largest absolute Gasteiger partial charge is 0.425 e. The van der Waals surface area contributed by atoms with E-state index in [1.54, 1.807) is 24.7 Å². The molecule has 13 heteroatoms. The van der Waals surface area contributed by atoms with E-state index in [1.165, 1.54) is 0 Å². The van der Waals surface area contributed by atoms with Crippen molar-refractivity contribution in [3.05, 3.63) is 10.4 Å². The number of hydrazine groups is 1. The lowest BCUT2D eigenvalue weighted by Crippen LogP contribution is -2.53. The standard InChI is InChI=1S/C9H20N6O5S2/c1-3-5-7-21(17,18)15(12-9(16)11-14-13-10)22(19,20)8-6-4-2/h3-8H2,1-2H3,(H2,11,12,16). The third kappa shape index (κ3) is 6.93. The quantitative estimate of drug-likeness (QED) is 0.258. The van der Waals surface area contributed by atoms with Gasteiger partial charge in [0.25, 0.3) is 0 Å². The number of nitrogens with zero attached hydrogens (tertiary/aromatic N) is 4. The van der Waals surface area contributed by atoms with Gasteiger partial charge in [-0.25, -0.2) is 27.1 Å². The highest BCUT2D eigenvalue weighted by atomic mass is 32.3. The molecule has 0 heterocycles. The Kier molecular flexibility index (Phi) is 8.79.